The molecule has 1 aliphatic carbocycles. The molecule has 0 spiro atoms. The summed E-state index contributed by atoms with van der Waals surface area (Å²) in [6.07, 6.45) is 7.58. The smallest absolute Gasteiger partial charge is 0.246 e. The van der Waals surface area contributed by atoms with Crippen LogP contribution in [-0.4, -0.2) is 28.5 Å². The van der Waals surface area contributed by atoms with Gasteiger partial charge < -0.3 is 0 Å². The van der Waals surface area contributed by atoms with E-state index in [9.17, 15) is 4.79 Å². The zero-order valence-electron chi connectivity index (χ0n) is 9.33. The molecule has 1 aromatic heterocycles. The maximum absolute atomic E-state index is 11.7. The maximum atomic E-state index is 11.7. The predicted octanol–water partition coefficient (Wildman–Crippen LogP) is 1.33. The Kier molecular flexibility index (Phi) is 2.44. The summed E-state index contributed by atoms with van der Waals surface area (Å²) in [5, 5.41) is 5.97. The van der Waals surface area contributed by atoms with Crippen LogP contribution in [0.3, 0.4) is 0 Å². The van der Waals surface area contributed by atoms with Crippen molar-refractivity contribution in [2.75, 3.05) is 11.6 Å². The van der Waals surface area contributed by atoms with Gasteiger partial charge in [0.15, 0.2) is 5.78 Å². The Morgan fingerprint density at radius 2 is 2.00 bits per heavy atom. The third-order valence-electron chi connectivity index (χ3n) is 3.01. The minimum absolute atomic E-state index is 0.212. The number of allylic oxidation sites excluding steroid dienone is 1. The fourth-order valence-electron chi connectivity index (χ4n) is 2.15. The van der Waals surface area contributed by atoms with Gasteiger partial charge in [-0.15, -0.1) is 0 Å². The van der Waals surface area contributed by atoms with Gasteiger partial charge in [0, 0.05) is 24.4 Å². The van der Waals surface area contributed by atoms with E-state index in [0.717, 1.165) is 24.0 Å². The molecule has 5 nitrogen and oxygen atoms in total. The van der Waals surface area contributed by atoms with E-state index in [0.29, 0.717) is 18.9 Å². The molecule has 0 amide bonds. The highest BCUT2D eigenvalue weighted by molar-refractivity contribution is 6.15. The Balaban J connectivity index is 1.88. The van der Waals surface area contributed by atoms with Gasteiger partial charge in [-0.2, -0.15) is 5.10 Å². The van der Waals surface area contributed by atoms with E-state index in [1.165, 1.54) is 0 Å². The van der Waals surface area contributed by atoms with E-state index in [-0.39, 0.29) is 5.78 Å². The lowest BCUT2D eigenvalue weighted by atomic mass is 9.90. The molecule has 3 rings (SSSR count). The Morgan fingerprint density at radius 3 is 2.82 bits per heavy atom. The van der Waals surface area contributed by atoms with E-state index in [1.54, 1.807) is 29.7 Å². The van der Waals surface area contributed by atoms with Gasteiger partial charge in [0.25, 0.3) is 0 Å². The zero-order valence-corrected chi connectivity index (χ0v) is 9.33. The van der Waals surface area contributed by atoms with Crippen molar-refractivity contribution in [1.29, 1.82) is 0 Å². The van der Waals surface area contributed by atoms with Crippen molar-refractivity contribution in [3.8, 4) is 0 Å². The van der Waals surface area contributed by atoms with Gasteiger partial charge in [0.2, 0.25) is 5.95 Å². The van der Waals surface area contributed by atoms with Crippen LogP contribution in [0.4, 0.5) is 5.95 Å². The van der Waals surface area contributed by atoms with E-state index in [1.807, 2.05) is 0 Å². The van der Waals surface area contributed by atoms with Crippen molar-refractivity contribution in [1.82, 2.24) is 9.97 Å². The fraction of sp³-hybridized carbons (Fsp3) is 0.333. The highest BCUT2D eigenvalue weighted by Gasteiger charge is 2.24. The molecule has 0 atom stereocenters. The summed E-state index contributed by atoms with van der Waals surface area (Å²) in [5.74, 6) is 0.789. The molecule has 5 heteroatoms. The van der Waals surface area contributed by atoms with Crippen molar-refractivity contribution in [2.24, 2.45) is 5.10 Å². The van der Waals surface area contributed by atoms with Crippen LogP contribution in [0.25, 0.3) is 0 Å². The van der Waals surface area contributed by atoms with E-state index < -0.39 is 0 Å². The topological polar surface area (TPSA) is 58.5 Å². The van der Waals surface area contributed by atoms with Gasteiger partial charge in [-0.1, -0.05) is 0 Å². The van der Waals surface area contributed by atoms with Crippen molar-refractivity contribution < 1.29 is 4.79 Å². The van der Waals surface area contributed by atoms with Crippen LogP contribution in [0.2, 0.25) is 0 Å². The van der Waals surface area contributed by atoms with Gasteiger partial charge in [0.1, 0.15) is 0 Å². The van der Waals surface area contributed by atoms with Crippen molar-refractivity contribution in [3.63, 3.8) is 0 Å². The fourth-order valence-corrected chi connectivity index (χ4v) is 2.15. The third-order valence-corrected chi connectivity index (χ3v) is 3.01. The van der Waals surface area contributed by atoms with Crippen LogP contribution in [0.15, 0.2) is 34.7 Å². The number of hydrazone groups is 1. The number of carbonyl (C=O) groups excluding carboxylic acids is 1. The van der Waals surface area contributed by atoms with Crippen LogP contribution >= 0.6 is 0 Å². The second-order valence-corrected chi connectivity index (χ2v) is 4.14. The number of rotatable bonds is 1. The quantitative estimate of drug-likeness (QED) is 0.727. The summed E-state index contributed by atoms with van der Waals surface area (Å²) in [5.41, 5.74) is 1.95. The summed E-state index contributed by atoms with van der Waals surface area (Å²) in [6.45, 7) is 0.627. The molecular formula is C12H12N4O. The lowest BCUT2D eigenvalue weighted by Crippen LogP contribution is -2.30. The lowest BCUT2D eigenvalue weighted by molar-refractivity contribution is -0.115. The van der Waals surface area contributed by atoms with Gasteiger partial charge in [-0.05, 0) is 24.5 Å². The molecule has 0 unspecified atom stereocenters. The van der Waals surface area contributed by atoms with E-state index in [2.05, 4.69) is 15.1 Å². The summed E-state index contributed by atoms with van der Waals surface area (Å²) in [7, 11) is 0. The Hall–Kier alpha value is -2.04. The molecule has 1 aromatic rings. The first-order chi connectivity index (χ1) is 8.34. The Bertz CT molecular complexity index is 506. The standard InChI is InChI=1S/C12H12N4O/c17-11-4-1-3-9-8-16(15-7-10(9)11)12-13-5-2-6-14-12/h2,5-7H,1,3-4,8H2. The van der Waals surface area contributed by atoms with E-state index in [4.69, 9.17) is 0 Å². The molecule has 1 aliphatic heterocycles. The minimum Gasteiger partial charge on any atom is -0.294 e. The largest absolute Gasteiger partial charge is 0.294 e. The summed E-state index contributed by atoms with van der Waals surface area (Å²) >= 11 is 0. The van der Waals surface area contributed by atoms with Crippen LogP contribution in [0.1, 0.15) is 19.3 Å². The molecule has 0 saturated carbocycles. The summed E-state index contributed by atoms with van der Waals surface area (Å²) in [4.78, 5) is 20.0. The second kappa shape index (κ2) is 4.08. The predicted molar refractivity (Wildman–Crippen MR) is 63.8 cm³/mol. The van der Waals surface area contributed by atoms with Crippen molar-refractivity contribution in [3.05, 3.63) is 29.6 Å². The van der Waals surface area contributed by atoms with Crippen LogP contribution < -0.4 is 5.01 Å². The van der Waals surface area contributed by atoms with Crippen molar-refractivity contribution in [2.45, 2.75) is 19.3 Å². The molecule has 17 heavy (non-hydrogen) atoms. The average Bonchev–Trinajstić information content (AvgIpc) is 2.40. The normalized spacial score (nSPS) is 19.5. The number of anilines is 1. The Labute approximate surface area is 98.9 Å². The van der Waals surface area contributed by atoms with E-state index >= 15 is 0 Å². The van der Waals surface area contributed by atoms with Gasteiger partial charge in [0.05, 0.1) is 12.8 Å². The zero-order chi connectivity index (χ0) is 11.7. The highest BCUT2D eigenvalue weighted by Crippen LogP contribution is 2.25. The molecule has 0 radical (unpaired) electrons. The number of nitrogens with zero attached hydrogens (tertiary/aromatic N) is 4. The average molecular weight is 228 g/mol. The number of ketones is 1. The SMILES string of the molecule is O=C1CCCC2=C1C=NN(c1ncccn1)C2. The molecule has 2 aliphatic rings. The van der Waals surface area contributed by atoms with Gasteiger partial charge in [-0.3, -0.25) is 4.79 Å². The van der Waals surface area contributed by atoms with Gasteiger partial charge in [-0.25, -0.2) is 15.0 Å². The molecule has 0 saturated heterocycles. The summed E-state index contributed by atoms with van der Waals surface area (Å²) < 4.78 is 0. The maximum Gasteiger partial charge on any atom is 0.246 e. The number of Topliss-reactive ketones (excluding diaryl/α,β-unsaturated/α-hetero) is 1. The summed E-state index contributed by atoms with van der Waals surface area (Å²) in [6, 6.07) is 1.77. The minimum atomic E-state index is 0.212. The first kappa shape index (κ1) is 10.1. The molecule has 86 valence electrons. The van der Waals surface area contributed by atoms with Crippen molar-refractivity contribution >= 4 is 17.9 Å². The first-order valence-electron chi connectivity index (χ1n) is 5.68. The molecule has 2 heterocycles. The molecule has 0 N–H and O–H groups in total. The monoisotopic (exact) mass is 228 g/mol. The highest BCUT2D eigenvalue weighted by atomic mass is 16.1. The first-order valence-corrected chi connectivity index (χ1v) is 5.68. The van der Waals surface area contributed by atoms with Crippen LogP contribution in [0, 0.1) is 0 Å². The molecule has 0 fully saturated rings. The van der Waals surface area contributed by atoms with Gasteiger partial charge >= 0.3 is 0 Å². The van der Waals surface area contributed by atoms with Crippen LogP contribution in [-0.2, 0) is 4.79 Å². The number of hydrogen-bond donors (Lipinski definition) is 0. The Morgan fingerprint density at radius 1 is 1.18 bits per heavy atom. The molecule has 0 bridgehead atoms. The molecule has 0 aromatic carbocycles. The number of aromatic nitrogens is 2. The van der Waals surface area contributed by atoms with Crippen LogP contribution in [0.5, 0.6) is 0 Å². The lowest BCUT2D eigenvalue weighted by Gasteiger charge is -2.26. The number of carbonyl (C=O) groups is 1. The molecular weight excluding hydrogens is 216 g/mol. The third kappa shape index (κ3) is 1.84. The number of hydrogen-bond acceptors (Lipinski definition) is 5. The second-order valence-electron chi connectivity index (χ2n) is 4.14.